The molecule has 0 radical (unpaired) electrons. The molecule has 0 saturated heterocycles. The SMILES string of the molecule is NC(=O)c1ccccc1-c1cccc(CN2CCCc3cc(C(=O)NCc4ccc5ccccc5c4)ccc32)c1F. The van der Waals surface area contributed by atoms with Crippen LogP contribution in [-0.2, 0) is 19.5 Å². The van der Waals surface area contributed by atoms with E-state index in [1.807, 2.05) is 36.4 Å². The van der Waals surface area contributed by atoms with Gasteiger partial charge in [-0.05, 0) is 70.6 Å². The summed E-state index contributed by atoms with van der Waals surface area (Å²) in [5.74, 6) is -1.07. The Morgan fingerprint density at radius 2 is 1.61 bits per heavy atom. The molecule has 6 heteroatoms. The van der Waals surface area contributed by atoms with Gasteiger partial charge in [0.2, 0.25) is 5.91 Å². The number of carbonyl (C=O) groups excluding carboxylic acids is 2. The molecule has 0 spiro atoms. The molecule has 0 aromatic heterocycles. The highest BCUT2D eigenvalue weighted by Gasteiger charge is 2.22. The molecule has 0 saturated carbocycles. The topological polar surface area (TPSA) is 75.4 Å². The van der Waals surface area contributed by atoms with Gasteiger partial charge >= 0.3 is 0 Å². The van der Waals surface area contributed by atoms with Crippen molar-refractivity contribution in [2.75, 3.05) is 11.4 Å². The van der Waals surface area contributed by atoms with Gasteiger partial charge in [-0.3, -0.25) is 9.59 Å². The number of nitrogens with two attached hydrogens (primary N) is 1. The van der Waals surface area contributed by atoms with E-state index < -0.39 is 5.91 Å². The Hall–Kier alpha value is -4.97. The van der Waals surface area contributed by atoms with Gasteiger partial charge in [0.25, 0.3) is 5.91 Å². The van der Waals surface area contributed by atoms with Crippen molar-refractivity contribution < 1.29 is 14.0 Å². The number of nitrogens with one attached hydrogen (secondary N) is 1. The lowest BCUT2D eigenvalue weighted by atomic mass is 9.95. The van der Waals surface area contributed by atoms with E-state index in [4.69, 9.17) is 5.73 Å². The first-order valence-corrected chi connectivity index (χ1v) is 13.8. The summed E-state index contributed by atoms with van der Waals surface area (Å²) in [5.41, 5.74) is 10.9. The van der Waals surface area contributed by atoms with Crippen molar-refractivity contribution >= 4 is 28.3 Å². The van der Waals surface area contributed by atoms with Gasteiger partial charge in [0.15, 0.2) is 0 Å². The average molecular weight is 544 g/mol. The van der Waals surface area contributed by atoms with Crippen LogP contribution < -0.4 is 16.0 Å². The molecule has 1 aliphatic heterocycles. The summed E-state index contributed by atoms with van der Waals surface area (Å²) >= 11 is 0. The number of primary amides is 1. The number of rotatable bonds is 7. The van der Waals surface area contributed by atoms with E-state index >= 15 is 4.39 Å². The number of benzene rings is 5. The van der Waals surface area contributed by atoms with Crippen molar-refractivity contribution in [2.45, 2.75) is 25.9 Å². The van der Waals surface area contributed by atoms with Crippen molar-refractivity contribution in [3.05, 3.63) is 137 Å². The standard InChI is InChI=1S/C35H30FN3O2/c36-33-28(9-5-13-30(33)29-11-3-4-12-31(29)34(37)40)22-39-18-6-10-26-20-27(16-17-32(26)39)35(41)38-21-23-14-15-24-7-1-2-8-25(24)19-23/h1-5,7-9,11-17,19-20H,6,10,18,21-22H2,(H2,37,40)(H,38,41). The van der Waals surface area contributed by atoms with Gasteiger partial charge in [-0.2, -0.15) is 0 Å². The second-order valence-electron chi connectivity index (χ2n) is 10.4. The Labute approximate surface area is 238 Å². The molecule has 5 nitrogen and oxygen atoms in total. The third kappa shape index (κ3) is 5.41. The van der Waals surface area contributed by atoms with E-state index in [0.29, 0.717) is 40.9 Å². The second kappa shape index (κ2) is 11.3. The minimum absolute atomic E-state index is 0.120. The fourth-order valence-electron chi connectivity index (χ4n) is 5.66. The molecule has 6 rings (SSSR count). The summed E-state index contributed by atoms with van der Waals surface area (Å²) in [6.07, 6.45) is 1.76. The summed E-state index contributed by atoms with van der Waals surface area (Å²) < 4.78 is 15.8. The van der Waals surface area contributed by atoms with E-state index in [1.54, 1.807) is 42.5 Å². The Balaban J connectivity index is 1.19. The van der Waals surface area contributed by atoms with Crippen LogP contribution in [0.1, 0.15) is 43.8 Å². The Morgan fingerprint density at radius 3 is 2.46 bits per heavy atom. The van der Waals surface area contributed by atoms with Gasteiger partial charge in [0.1, 0.15) is 5.82 Å². The lowest BCUT2D eigenvalue weighted by Gasteiger charge is -2.32. The monoisotopic (exact) mass is 543 g/mol. The van der Waals surface area contributed by atoms with Crippen molar-refractivity contribution in [1.82, 2.24) is 5.32 Å². The first-order valence-electron chi connectivity index (χ1n) is 13.8. The lowest BCUT2D eigenvalue weighted by Crippen LogP contribution is -2.30. The molecule has 2 amide bonds. The van der Waals surface area contributed by atoms with Gasteiger partial charge in [0.05, 0.1) is 0 Å². The predicted molar refractivity (Wildman–Crippen MR) is 161 cm³/mol. The summed E-state index contributed by atoms with van der Waals surface area (Å²) in [4.78, 5) is 27.1. The van der Waals surface area contributed by atoms with Crippen molar-refractivity contribution in [3.8, 4) is 11.1 Å². The predicted octanol–water partition coefficient (Wildman–Crippen LogP) is 6.63. The fourth-order valence-corrected chi connectivity index (χ4v) is 5.66. The summed E-state index contributed by atoms with van der Waals surface area (Å²) in [6.45, 7) is 1.60. The smallest absolute Gasteiger partial charge is 0.251 e. The average Bonchev–Trinajstić information content (AvgIpc) is 3.00. The van der Waals surface area contributed by atoms with E-state index in [1.165, 1.54) is 5.39 Å². The minimum Gasteiger partial charge on any atom is -0.367 e. The summed E-state index contributed by atoms with van der Waals surface area (Å²) in [5, 5.41) is 5.36. The third-order valence-electron chi connectivity index (χ3n) is 7.75. The zero-order chi connectivity index (χ0) is 28.3. The van der Waals surface area contributed by atoms with E-state index in [0.717, 1.165) is 41.6 Å². The van der Waals surface area contributed by atoms with E-state index in [-0.39, 0.29) is 11.7 Å². The Kier molecular flexibility index (Phi) is 7.21. The van der Waals surface area contributed by atoms with Crippen molar-refractivity contribution in [2.24, 2.45) is 5.73 Å². The number of amides is 2. The number of hydrogen-bond acceptors (Lipinski definition) is 3. The van der Waals surface area contributed by atoms with Gasteiger partial charge in [-0.25, -0.2) is 4.39 Å². The normalized spacial score (nSPS) is 12.7. The molecule has 0 unspecified atom stereocenters. The highest BCUT2D eigenvalue weighted by atomic mass is 19.1. The zero-order valence-electron chi connectivity index (χ0n) is 22.6. The molecule has 1 aliphatic rings. The van der Waals surface area contributed by atoms with Crippen LogP contribution in [0.5, 0.6) is 0 Å². The van der Waals surface area contributed by atoms with Crippen LogP contribution >= 0.6 is 0 Å². The number of aryl methyl sites for hydroxylation is 1. The molecule has 204 valence electrons. The number of fused-ring (bicyclic) bond motifs is 2. The lowest BCUT2D eigenvalue weighted by molar-refractivity contribution is 0.0949. The van der Waals surface area contributed by atoms with Crippen LogP contribution in [0, 0.1) is 5.82 Å². The largest absolute Gasteiger partial charge is 0.367 e. The van der Waals surface area contributed by atoms with Crippen LogP contribution in [0.25, 0.3) is 21.9 Å². The first-order chi connectivity index (χ1) is 20.0. The maximum atomic E-state index is 15.8. The van der Waals surface area contributed by atoms with Crippen molar-refractivity contribution in [1.29, 1.82) is 0 Å². The molecule has 0 bridgehead atoms. The zero-order valence-corrected chi connectivity index (χ0v) is 22.6. The number of carbonyl (C=O) groups is 2. The van der Waals surface area contributed by atoms with E-state index in [9.17, 15) is 9.59 Å². The number of halogens is 1. The molecule has 5 aromatic carbocycles. The molecule has 0 atom stereocenters. The Bertz CT molecular complexity index is 1780. The second-order valence-corrected chi connectivity index (χ2v) is 10.4. The summed E-state index contributed by atoms with van der Waals surface area (Å²) in [6, 6.07) is 32.2. The highest BCUT2D eigenvalue weighted by molar-refractivity contribution is 6.00. The first kappa shape index (κ1) is 26.3. The highest BCUT2D eigenvalue weighted by Crippen LogP contribution is 2.32. The van der Waals surface area contributed by atoms with Crippen LogP contribution in [0.2, 0.25) is 0 Å². The minimum atomic E-state index is -0.590. The van der Waals surface area contributed by atoms with Gasteiger partial charge in [-0.1, -0.05) is 72.8 Å². The molecule has 5 aromatic rings. The fraction of sp³-hybridized carbons (Fsp3) is 0.143. The molecule has 0 aliphatic carbocycles. The molecule has 41 heavy (non-hydrogen) atoms. The van der Waals surface area contributed by atoms with Crippen LogP contribution in [0.15, 0.2) is 103 Å². The maximum Gasteiger partial charge on any atom is 0.251 e. The molecule has 0 fully saturated rings. The molecular formula is C35H30FN3O2. The maximum absolute atomic E-state index is 15.8. The summed E-state index contributed by atoms with van der Waals surface area (Å²) in [7, 11) is 0. The number of hydrogen-bond donors (Lipinski definition) is 2. The molecule has 1 heterocycles. The quantitative estimate of drug-likeness (QED) is 0.242. The van der Waals surface area contributed by atoms with E-state index in [2.05, 4.69) is 34.5 Å². The number of anilines is 1. The van der Waals surface area contributed by atoms with Crippen LogP contribution in [0.4, 0.5) is 10.1 Å². The van der Waals surface area contributed by atoms with Gasteiger partial charge in [0, 0.05) is 47.6 Å². The molecule has 3 N–H and O–H groups in total. The van der Waals surface area contributed by atoms with Gasteiger partial charge in [-0.15, -0.1) is 0 Å². The third-order valence-corrected chi connectivity index (χ3v) is 7.75. The molecular weight excluding hydrogens is 513 g/mol. The van der Waals surface area contributed by atoms with Crippen LogP contribution in [-0.4, -0.2) is 18.4 Å². The van der Waals surface area contributed by atoms with Gasteiger partial charge < -0.3 is 16.0 Å². The van der Waals surface area contributed by atoms with Crippen molar-refractivity contribution in [3.63, 3.8) is 0 Å². The number of nitrogens with zero attached hydrogens (tertiary/aromatic N) is 1. The van der Waals surface area contributed by atoms with Crippen LogP contribution in [0.3, 0.4) is 0 Å². The Morgan fingerprint density at radius 1 is 0.829 bits per heavy atom.